The SMILES string of the molecule is N#CC(C(=O)On1c(=O)c1=O)=C(c1ccccc1)c1ccccc1. The summed E-state index contributed by atoms with van der Waals surface area (Å²) in [5.74, 6) is -1.06. The van der Waals surface area contributed by atoms with Gasteiger partial charge in [-0.05, 0) is 11.1 Å². The van der Waals surface area contributed by atoms with Crippen molar-refractivity contribution in [2.45, 2.75) is 0 Å². The van der Waals surface area contributed by atoms with E-state index in [2.05, 4.69) is 4.84 Å². The van der Waals surface area contributed by atoms with E-state index in [1.165, 1.54) is 0 Å². The summed E-state index contributed by atoms with van der Waals surface area (Å²) >= 11 is 0. The first-order chi connectivity index (χ1) is 11.6. The van der Waals surface area contributed by atoms with Gasteiger partial charge in [0.05, 0.1) is 0 Å². The zero-order valence-corrected chi connectivity index (χ0v) is 12.3. The number of hydrogen-bond donors (Lipinski definition) is 0. The fraction of sp³-hybridized carbons (Fsp3) is 0. The first-order valence-electron chi connectivity index (χ1n) is 6.99. The highest BCUT2D eigenvalue weighted by Crippen LogP contribution is 2.27. The van der Waals surface area contributed by atoms with Crippen LogP contribution in [0.2, 0.25) is 0 Å². The third kappa shape index (κ3) is 2.78. The summed E-state index contributed by atoms with van der Waals surface area (Å²) in [6, 6.07) is 19.5. The van der Waals surface area contributed by atoms with Crippen LogP contribution >= 0.6 is 0 Å². The van der Waals surface area contributed by atoms with E-state index >= 15 is 0 Å². The number of benzene rings is 2. The predicted molar refractivity (Wildman–Crippen MR) is 85.5 cm³/mol. The second kappa shape index (κ2) is 6.18. The molecule has 24 heavy (non-hydrogen) atoms. The summed E-state index contributed by atoms with van der Waals surface area (Å²) in [7, 11) is 0. The summed E-state index contributed by atoms with van der Waals surface area (Å²) in [5, 5.41) is 9.46. The van der Waals surface area contributed by atoms with Gasteiger partial charge in [0.1, 0.15) is 11.6 Å². The van der Waals surface area contributed by atoms with Crippen molar-refractivity contribution < 1.29 is 9.63 Å². The Bertz CT molecular complexity index is 967. The van der Waals surface area contributed by atoms with Gasteiger partial charge < -0.3 is 4.84 Å². The van der Waals surface area contributed by atoms with E-state index in [-0.39, 0.29) is 5.57 Å². The van der Waals surface area contributed by atoms with E-state index in [1.807, 2.05) is 18.2 Å². The predicted octanol–water partition coefficient (Wildman–Crippen LogP) is 1.06. The Morgan fingerprint density at radius 3 is 1.71 bits per heavy atom. The van der Waals surface area contributed by atoms with Crippen LogP contribution in [-0.4, -0.2) is 10.7 Å². The van der Waals surface area contributed by atoms with E-state index in [4.69, 9.17) is 0 Å². The normalized spacial score (nSPS) is 10.1. The third-order valence-corrected chi connectivity index (χ3v) is 3.37. The van der Waals surface area contributed by atoms with Gasteiger partial charge in [-0.3, -0.25) is 9.59 Å². The van der Waals surface area contributed by atoms with Crippen molar-refractivity contribution in [1.29, 1.82) is 5.26 Å². The molecule has 0 saturated heterocycles. The molecular weight excluding hydrogens is 308 g/mol. The molecule has 0 aliphatic rings. The van der Waals surface area contributed by atoms with Crippen LogP contribution in [0.25, 0.3) is 5.57 Å². The molecule has 1 heterocycles. The van der Waals surface area contributed by atoms with Gasteiger partial charge in [-0.1, -0.05) is 65.4 Å². The second-order valence-electron chi connectivity index (χ2n) is 4.88. The molecule has 0 aliphatic heterocycles. The smallest absolute Gasteiger partial charge is 0.323 e. The van der Waals surface area contributed by atoms with Gasteiger partial charge >= 0.3 is 17.1 Å². The fourth-order valence-corrected chi connectivity index (χ4v) is 2.20. The number of nitrogens with zero attached hydrogens (tertiary/aromatic N) is 2. The lowest BCUT2D eigenvalue weighted by Crippen LogP contribution is -2.21. The molecule has 0 saturated carbocycles. The highest BCUT2D eigenvalue weighted by molar-refractivity contribution is 6.05. The maximum atomic E-state index is 12.3. The highest BCUT2D eigenvalue weighted by atomic mass is 16.7. The molecule has 0 atom stereocenters. The molecule has 6 nitrogen and oxygen atoms in total. The molecule has 6 heteroatoms. The van der Waals surface area contributed by atoms with Crippen molar-refractivity contribution in [3.63, 3.8) is 0 Å². The molecule has 0 amide bonds. The van der Waals surface area contributed by atoms with Gasteiger partial charge in [0.15, 0.2) is 0 Å². The summed E-state index contributed by atoms with van der Waals surface area (Å²) in [4.78, 5) is 38.9. The third-order valence-electron chi connectivity index (χ3n) is 3.37. The van der Waals surface area contributed by atoms with E-state index in [1.54, 1.807) is 48.5 Å². The van der Waals surface area contributed by atoms with E-state index < -0.39 is 17.1 Å². The Morgan fingerprint density at radius 2 is 1.33 bits per heavy atom. The van der Waals surface area contributed by atoms with Crippen molar-refractivity contribution >= 4 is 11.5 Å². The summed E-state index contributed by atoms with van der Waals surface area (Å²) in [5.41, 5.74) is -0.477. The zero-order chi connectivity index (χ0) is 17.1. The van der Waals surface area contributed by atoms with Crippen LogP contribution < -0.4 is 16.0 Å². The molecule has 1 aromatic heterocycles. The lowest BCUT2D eigenvalue weighted by molar-refractivity contribution is -0.138. The average molecular weight is 318 g/mol. The van der Waals surface area contributed by atoms with Crippen LogP contribution in [0, 0.1) is 11.3 Å². The lowest BCUT2D eigenvalue weighted by Gasteiger charge is -2.10. The van der Waals surface area contributed by atoms with Crippen LogP contribution in [-0.2, 0) is 4.79 Å². The first-order valence-corrected chi connectivity index (χ1v) is 6.99. The molecule has 2 aromatic carbocycles. The zero-order valence-electron chi connectivity index (χ0n) is 12.3. The molecule has 0 radical (unpaired) electrons. The maximum Gasteiger partial charge on any atom is 0.375 e. The van der Waals surface area contributed by atoms with Gasteiger partial charge in [-0.2, -0.15) is 5.26 Å². The molecule has 0 spiro atoms. The molecule has 0 unspecified atom stereocenters. The molecule has 0 N–H and O–H groups in total. The quantitative estimate of drug-likeness (QED) is 0.408. The second-order valence-corrected chi connectivity index (χ2v) is 4.88. The summed E-state index contributed by atoms with van der Waals surface area (Å²) < 4.78 is 0.327. The van der Waals surface area contributed by atoms with Crippen molar-refractivity contribution in [3.8, 4) is 6.07 Å². The Morgan fingerprint density at radius 1 is 0.875 bits per heavy atom. The van der Waals surface area contributed by atoms with Gasteiger partial charge in [0.2, 0.25) is 0 Å². The van der Waals surface area contributed by atoms with Gasteiger partial charge in [-0.25, -0.2) is 4.79 Å². The topological polar surface area (TPSA) is 89.2 Å². The number of carbonyl (C=O) groups is 1. The standard InChI is InChI=1S/C18H10N2O4/c19-11-14(18(23)24-20-16(21)17(20)22)15(12-7-3-1-4-8-12)13-9-5-2-6-10-13/h1-10H. The minimum Gasteiger partial charge on any atom is -0.323 e. The minimum absolute atomic E-state index is 0.292. The lowest BCUT2D eigenvalue weighted by atomic mass is 9.93. The Labute approximate surface area is 136 Å². The van der Waals surface area contributed by atoms with Gasteiger partial charge in [0.25, 0.3) is 0 Å². The molecule has 116 valence electrons. The number of nitriles is 1. The van der Waals surface area contributed by atoms with Crippen LogP contribution in [0.3, 0.4) is 0 Å². The van der Waals surface area contributed by atoms with E-state index in [0.717, 1.165) is 0 Å². The molecule has 0 fully saturated rings. The Balaban J connectivity index is 2.14. The average Bonchev–Trinajstić information content (AvgIpc) is 3.19. The van der Waals surface area contributed by atoms with Crippen molar-refractivity contribution in [1.82, 2.24) is 4.73 Å². The highest BCUT2D eigenvalue weighted by Gasteiger charge is 2.26. The molecule has 0 aliphatic carbocycles. The summed E-state index contributed by atoms with van der Waals surface area (Å²) in [6.07, 6.45) is 0. The first kappa shape index (κ1) is 15.2. The largest absolute Gasteiger partial charge is 0.375 e. The fourth-order valence-electron chi connectivity index (χ4n) is 2.20. The van der Waals surface area contributed by atoms with E-state index in [0.29, 0.717) is 21.4 Å². The Kier molecular flexibility index (Phi) is 3.91. The molecule has 3 aromatic rings. The number of carbonyl (C=O) groups excluding carboxylic acids is 1. The van der Waals surface area contributed by atoms with Crippen molar-refractivity contribution in [2.75, 3.05) is 0 Å². The summed E-state index contributed by atoms with van der Waals surface area (Å²) in [6.45, 7) is 0. The van der Waals surface area contributed by atoms with E-state index in [9.17, 15) is 19.6 Å². The molecule has 0 bridgehead atoms. The minimum atomic E-state index is -1.06. The number of rotatable bonds is 4. The molecule has 3 rings (SSSR count). The van der Waals surface area contributed by atoms with Gasteiger partial charge in [0, 0.05) is 5.57 Å². The maximum absolute atomic E-state index is 12.3. The number of aromatic nitrogens is 1. The van der Waals surface area contributed by atoms with Crippen LogP contribution in [0.1, 0.15) is 11.1 Å². The van der Waals surface area contributed by atoms with Crippen LogP contribution in [0.5, 0.6) is 0 Å². The van der Waals surface area contributed by atoms with Crippen molar-refractivity contribution in [2.24, 2.45) is 0 Å². The van der Waals surface area contributed by atoms with Crippen LogP contribution in [0.15, 0.2) is 75.8 Å². The Hall–Kier alpha value is -3.72. The molecular formula is C18H10N2O4. The van der Waals surface area contributed by atoms with Crippen molar-refractivity contribution in [3.05, 3.63) is 98.1 Å². The van der Waals surface area contributed by atoms with Gasteiger partial charge in [-0.15, -0.1) is 0 Å². The van der Waals surface area contributed by atoms with Crippen LogP contribution in [0.4, 0.5) is 0 Å². The monoisotopic (exact) mass is 318 g/mol. The number of hydrogen-bond acceptors (Lipinski definition) is 5.